The van der Waals surface area contributed by atoms with Crippen LogP contribution in [0.1, 0.15) is 33.1 Å². The lowest BCUT2D eigenvalue weighted by Gasteiger charge is -2.18. The molecule has 1 rings (SSSR count). The Morgan fingerprint density at radius 1 is 1.50 bits per heavy atom. The topological polar surface area (TPSA) is 38.3 Å². The van der Waals surface area contributed by atoms with Crippen LogP contribution in [0.5, 0.6) is 0 Å². The summed E-state index contributed by atoms with van der Waals surface area (Å²) in [5.74, 6) is 0. The van der Waals surface area contributed by atoms with Gasteiger partial charge in [0.15, 0.2) is 6.29 Å². The van der Waals surface area contributed by atoms with E-state index in [-0.39, 0.29) is 0 Å². The SMILES string of the molecule is CC/C1=C\C=C=C(C=O)/C(C)=C/CCC1NC.COC. The zero-order valence-corrected chi connectivity index (χ0v) is 13.3. The van der Waals surface area contributed by atoms with Gasteiger partial charge in [-0.2, -0.15) is 0 Å². The molecule has 1 unspecified atom stereocenters. The number of rotatable bonds is 3. The number of hydrogen-bond donors (Lipinski definition) is 1. The molecule has 1 aliphatic carbocycles. The van der Waals surface area contributed by atoms with Gasteiger partial charge in [-0.05, 0) is 44.9 Å². The molecule has 0 aromatic rings. The second kappa shape index (κ2) is 11.4. The summed E-state index contributed by atoms with van der Waals surface area (Å²) >= 11 is 0. The van der Waals surface area contributed by atoms with Crippen LogP contribution in [0.3, 0.4) is 0 Å². The Bertz CT molecular complexity index is 413. The normalized spacial score (nSPS) is 24.2. The van der Waals surface area contributed by atoms with E-state index in [2.05, 4.69) is 34.9 Å². The first kappa shape index (κ1) is 18.6. The first-order valence-electron chi connectivity index (χ1n) is 6.99. The van der Waals surface area contributed by atoms with Crippen LogP contribution in [0.15, 0.2) is 40.7 Å². The number of aldehydes is 1. The molecule has 0 heterocycles. The molecule has 0 amide bonds. The highest BCUT2D eigenvalue weighted by Gasteiger charge is 2.10. The third kappa shape index (κ3) is 6.67. The van der Waals surface area contributed by atoms with Crippen molar-refractivity contribution in [2.45, 2.75) is 39.2 Å². The molecular formula is C17H27NO2. The minimum atomic E-state index is 0.417. The Morgan fingerprint density at radius 2 is 2.15 bits per heavy atom. The summed E-state index contributed by atoms with van der Waals surface area (Å²) in [6, 6.07) is 0.417. The van der Waals surface area contributed by atoms with Crippen LogP contribution < -0.4 is 5.32 Å². The van der Waals surface area contributed by atoms with E-state index >= 15 is 0 Å². The second-order valence-electron chi connectivity index (χ2n) is 4.65. The lowest BCUT2D eigenvalue weighted by molar-refractivity contribution is -0.104. The van der Waals surface area contributed by atoms with E-state index in [4.69, 9.17) is 0 Å². The Balaban J connectivity index is 0.00000110. The van der Waals surface area contributed by atoms with Gasteiger partial charge in [0.25, 0.3) is 0 Å². The predicted octanol–water partition coefficient (Wildman–Crippen LogP) is 3.19. The minimum absolute atomic E-state index is 0.417. The molecule has 0 spiro atoms. The maximum Gasteiger partial charge on any atom is 0.158 e. The van der Waals surface area contributed by atoms with Gasteiger partial charge < -0.3 is 10.1 Å². The molecule has 1 aliphatic rings. The summed E-state index contributed by atoms with van der Waals surface area (Å²) in [7, 11) is 5.24. The van der Waals surface area contributed by atoms with Crippen molar-refractivity contribution in [2.75, 3.05) is 21.3 Å². The number of allylic oxidation sites excluding steroid dienone is 4. The molecule has 3 nitrogen and oxygen atoms in total. The third-order valence-corrected chi connectivity index (χ3v) is 3.19. The molecule has 0 aromatic heterocycles. The standard InChI is InChI=1S/C15H21NO.C2H6O/c1-4-13-8-6-9-14(11-17)12(2)7-5-10-15(13)16-3;1-3-2/h6-8,11,15-16H,4-5,10H2,1-3H3;1-2H3/b12-7+,13-8+;. The molecule has 112 valence electrons. The quantitative estimate of drug-likeness (QED) is 0.636. The van der Waals surface area contributed by atoms with Gasteiger partial charge in [-0.25, -0.2) is 0 Å². The Morgan fingerprint density at radius 3 is 2.65 bits per heavy atom. The predicted molar refractivity (Wildman–Crippen MR) is 84.8 cm³/mol. The first-order chi connectivity index (χ1) is 9.64. The average Bonchev–Trinajstić information content (AvgIpc) is 2.45. The van der Waals surface area contributed by atoms with Gasteiger partial charge in [-0.3, -0.25) is 4.79 Å². The number of methoxy groups -OCH3 is 1. The maximum atomic E-state index is 10.9. The summed E-state index contributed by atoms with van der Waals surface area (Å²) in [6.45, 7) is 4.12. The number of hydrogen-bond acceptors (Lipinski definition) is 3. The van der Waals surface area contributed by atoms with E-state index in [1.165, 1.54) is 5.57 Å². The maximum absolute atomic E-state index is 10.9. The van der Waals surface area contributed by atoms with Crippen LogP contribution in [-0.4, -0.2) is 33.6 Å². The van der Waals surface area contributed by atoms with Crippen LogP contribution in [0.4, 0.5) is 0 Å². The molecule has 0 radical (unpaired) electrons. The third-order valence-electron chi connectivity index (χ3n) is 3.19. The molecule has 3 heteroatoms. The molecular weight excluding hydrogens is 250 g/mol. The van der Waals surface area contributed by atoms with E-state index in [0.29, 0.717) is 11.6 Å². The number of carbonyl (C=O) groups excluding carboxylic acids is 1. The zero-order valence-electron chi connectivity index (χ0n) is 13.3. The van der Waals surface area contributed by atoms with Gasteiger partial charge in [0.1, 0.15) is 0 Å². The van der Waals surface area contributed by atoms with Crippen LogP contribution in [0, 0.1) is 0 Å². The van der Waals surface area contributed by atoms with Crippen LogP contribution in [0.25, 0.3) is 0 Å². The number of nitrogens with one attached hydrogen (secondary N) is 1. The molecule has 20 heavy (non-hydrogen) atoms. The largest absolute Gasteiger partial charge is 0.388 e. The van der Waals surface area contributed by atoms with Crippen molar-refractivity contribution in [3.05, 3.63) is 40.7 Å². The molecule has 0 saturated heterocycles. The van der Waals surface area contributed by atoms with Crippen molar-refractivity contribution < 1.29 is 9.53 Å². The van der Waals surface area contributed by atoms with Crippen LogP contribution >= 0.6 is 0 Å². The van der Waals surface area contributed by atoms with Crippen molar-refractivity contribution in [3.8, 4) is 0 Å². The highest BCUT2D eigenvalue weighted by molar-refractivity contribution is 5.79. The van der Waals surface area contributed by atoms with Gasteiger partial charge in [-0.15, -0.1) is 5.73 Å². The van der Waals surface area contributed by atoms with Crippen LogP contribution in [-0.2, 0) is 9.53 Å². The van der Waals surface area contributed by atoms with E-state index in [1.54, 1.807) is 14.2 Å². The van der Waals surface area contributed by atoms with Crippen molar-refractivity contribution >= 4 is 6.29 Å². The Kier molecular flexibility index (Phi) is 10.6. The summed E-state index contributed by atoms with van der Waals surface area (Å²) in [5.41, 5.74) is 6.07. The van der Waals surface area contributed by atoms with E-state index in [0.717, 1.165) is 31.1 Å². The monoisotopic (exact) mass is 277 g/mol. The molecule has 0 saturated carbocycles. The summed E-state index contributed by atoms with van der Waals surface area (Å²) in [4.78, 5) is 10.9. The zero-order chi connectivity index (χ0) is 15.4. The molecule has 0 aromatic carbocycles. The molecule has 0 bridgehead atoms. The van der Waals surface area contributed by atoms with Gasteiger partial charge >= 0.3 is 0 Å². The van der Waals surface area contributed by atoms with E-state index in [1.807, 2.05) is 20.0 Å². The molecule has 1 atom stereocenters. The summed E-state index contributed by atoms with van der Waals surface area (Å²) < 4.78 is 4.25. The Hall–Kier alpha value is -1.41. The lowest BCUT2D eigenvalue weighted by atomic mass is 9.97. The summed E-state index contributed by atoms with van der Waals surface area (Å²) in [6.07, 6.45) is 9.98. The van der Waals surface area contributed by atoms with Gasteiger partial charge in [0.05, 0.1) is 5.57 Å². The number of carbonyl (C=O) groups is 1. The molecule has 1 N–H and O–H groups in total. The Labute approximate surface area is 123 Å². The first-order valence-corrected chi connectivity index (χ1v) is 6.99. The van der Waals surface area contributed by atoms with Crippen LogP contribution in [0.2, 0.25) is 0 Å². The molecule has 0 fully saturated rings. The number of ether oxygens (including phenoxy) is 1. The average molecular weight is 277 g/mol. The summed E-state index contributed by atoms with van der Waals surface area (Å²) in [5, 5.41) is 3.34. The number of likely N-dealkylation sites (N-methyl/N-ethyl adjacent to an activating group) is 1. The fourth-order valence-corrected chi connectivity index (χ4v) is 2.05. The molecule has 0 aliphatic heterocycles. The van der Waals surface area contributed by atoms with Crippen molar-refractivity contribution in [3.63, 3.8) is 0 Å². The second-order valence-corrected chi connectivity index (χ2v) is 4.65. The minimum Gasteiger partial charge on any atom is -0.388 e. The fourth-order valence-electron chi connectivity index (χ4n) is 2.05. The fraction of sp³-hybridized carbons (Fsp3) is 0.529. The van der Waals surface area contributed by atoms with E-state index < -0.39 is 0 Å². The van der Waals surface area contributed by atoms with Gasteiger partial charge in [0.2, 0.25) is 0 Å². The van der Waals surface area contributed by atoms with Gasteiger partial charge in [0, 0.05) is 20.3 Å². The lowest BCUT2D eigenvalue weighted by Crippen LogP contribution is -2.27. The highest BCUT2D eigenvalue weighted by Crippen LogP contribution is 2.16. The van der Waals surface area contributed by atoms with Crippen molar-refractivity contribution in [1.29, 1.82) is 0 Å². The smallest absolute Gasteiger partial charge is 0.158 e. The van der Waals surface area contributed by atoms with Gasteiger partial charge in [-0.1, -0.05) is 24.6 Å². The highest BCUT2D eigenvalue weighted by atomic mass is 16.4. The van der Waals surface area contributed by atoms with Crippen molar-refractivity contribution in [2.24, 2.45) is 0 Å². The van der Waals surface area contributed by atoms with Crippen molar-refractivity contribution in [1.82, 2.24) is 5.32 Å². The van der Waals surface area contributed by atoms with E-state index in [9.17, 15) is 4.79 Å².